The van der Waals surface area contributed by atoms with E-state index in [1.54, 1.807) is 26.8 Å². The average Bonchev–Trinajstić information content (AvgIpc) is 2.76. The van der Waals surface area contributed by atoms with Crippen LogP contribution < -0.4 is 5.32 Å². The van der Waals surface area contributed by atoms with Gasteiger partial charge in [0.1, 0.15) is 17.4 Å². The molecule has 0 fully saturated rings. The number of nitro groups is 1. The van der Waals surface area contributed by atoms with Crippen LogP contribution in [0.25, 0.3) is 0 Å². The van der Waals surface area contributed by atoms with Crippen molar-refractivity contribution in [3.8, 4) is 0 Å². The Morgan fingerprint density at radius 2 is 1.96 bits per heavy atom. The first-order valence-electron chi connectivity index (χ1n) is 7.41. The maximum atomic E-state index is 12.5. The highest BCUT2D eigenvalue weighted by Crippen LogP contribution is 2.29. The third-order valence-electron chi connectivity index (χ3n) is 3.90. The quantitative estimate of drug-likeness (QED) is 0.669. The van der Waals surface area contributed by atoms with Crippen molar-refractivity contribution in [3.63, 3.8) is 0 Å². The minimum absolute atomic E-state index is 0.0702. The predicted molar refractivity (Wildman–Crippen MR) is 92.6 cm³/mol. The number of amides is 1. The van der Waals surface area contributed by atoms with Crippen molar-refractivity contribution in [2.45, 2.75) is 40.7 Å². The molecule has 24 heavy (non-hydrogen) atoms. The van der Waals surface area contributed by atoms with Crippen LogP contribution in [-0.2, 0) is 4.79 Å². The van der Waals surface area contributed by atoms with Gasteiger partial charge in [0.05, 0.1) is 15.6 Å². The number of carbonyl (C=O) groups excluding carboxylic acids is 1. The Hall–Kier alpha value is -2.41. The molecule has 1 unspecified atom stereocenters. The van der Waals surface area contributed by atoms with Crippen LogP contribution >= 0.6 is 11.6 Å². The molecular formula is C16H19ClN4O3. The van der Waals surface area contributed by atoms with Crippen molar-refractivity contribution < 1.29 is 9.72 Å². The Kier molecular flexibility index (Phi) is 4.94. The first-order chi connectivity index (χ1) is 11.1. The Morgan fingerprint density at radius 1 is 1.33 bits per heavy atom. The number of aryl methyl sites for hydroxylation is 3. The summed E-state index contributed by atoms with van der Waals surface area (Å²) in [5, 5.41) is 18.5. The number of hydrogen-bond acceptors (Lipinski definition) is 4. The molecule has 1 N–H and O–H groups in total. The van der Waals surface area contributed by atoms with Crippen molar-refractivity contribution in [1.29, 1.82) is 0 Å². The van der Waals surface area contributed by atoms with Gasteiger partial charge in [-0.25, -0.2) is 0 Å². The molecule has 128 valence electrons. The molecule has 0 saturated heterocycles. The summed E-state index contributed by atoms with van der Waals surface area (Å²) in [4.78, 5) is 23.2. The van der Waals surface area contributed by atoms with Crippen LogP contribution in [0.1, 0.15) is 35.5 Å². The van der Waals surface area contributed by atoms with Gasteiger partial charge in [-0.15, -0.1) is 0 Å². The molecule has 1 aromatic carbocycles. The van der Waals surface area contributed by atoms with Gasteiger partial charge in [-0.1, -0.05) is 17.7 Å². The lowest BCUT2D eigenvalue weighted by Gasteiger charge is -2.16. The maximum Gasteiger partial charge on any atom is 0.312 e. The topological polar surface area (TPSA) is 90.1 Å². The Balaban J connectivity index is 2.32. The fourth-order valence-electron chi connectivity index (χ4n) is 2.71. The van der Waals surface area contributed by atoms with E-state index in [1.165, 1.54) is 4.68 Å². The normalized spacial score (nSPS) is 12.1. The van der Waals surface area contributed by atoms with Gasteiger partial charge in [0.2, 0.25) is 5.91 Å². The lowest BCUT2D eigenvalue weighted by Crippen LogP contribution is -2.25. The molecule has 1 atom stereocenters. The summed E-state index contributed by atoms with van der Waals surface area (Å²) in [6.45, 7) is 8.53. The average molecular weight is 351 g/mol. The summed E-state index contributed by atoms with van der Waals surface area (Å²) >= 11 is 6.21. The number of nitrogens with zero attached hydrogens (tertiary/aromatic N) is 3. The highest BCUT2D eigenvalue weighted by Gasteiger charge is 2.27. The van der Waals surface area contributed by atoms with E-state index in [0.29, 0.717) is 16.4 Å². The highest BCUT2D eigenvalue weighted by molar-refractivity contribution is 6.34. The SMILES string of the molecule is Cc1cc(C)c(NC(=O)C(C)n2nc(C)c([N+](=O)[O-])c2C)c(Cl)c1. The molecule has 8 heteroatoms. The van der Waals surface area contributed by atoms with E-state index < -0.39 is 11.0 Å². The lowest BCUT2D eigenvalue weighted by atomic mass is 10.1. The molecule has 1 amide bonds. The van der Waals surface area contributed by atoms with E-state index >= 15 is 0 Å². The van der Waals surface area contributed by atoms with E-state index in [9.17, 15) is 14.9 Å². The Morgan fingerprint density at radius 3 is 2.46 bits per heavy atom. The number of rotatable bonds is 4. The second-order valence-corrected chi connectivity index (χ2v) is 6.23. The van der Waals surface area contributed by atoms with Gasteiger partial charge in [0.25, 0.3) is 0 Å². The maximum absolute atomic E-state index is 12.5. The minimum Gasteiger partial charge on any atom is -0.323 e. The molecule has 0 bridgehead atoms. The lowest BCUT2D eigenvalue weighted by molar-refractivity contribution is -0.386. The van der Waals surface area contributed by atoms with E-state index in [0.717, 1.165) is 11.1 Å². The largest absolute Gasteiger partial charge is 0.323 e. The standard InChI is InChI=1S/C16H19ClN4O3/c1-8-6-9(2)14(13(17)7-8)18-16(22)12(5)20-11(4)15(21(23)24)10(3)19-20/h6-7,12H,1-5H3,(H,18,22). The van der Waals surface area contributed by atoms with E-state index in [1.807, 2.05) is 19.9 Å². The van der Waals surface area contributed by atoms with Gasteiger partial charge < -0.3 is 5.32 Å². The van der Waals surface area contributed by atoms with Crippen LogP contribution in [0.15, 0.2) is 12.1 Å². The van der Waals surface area contributed by atoms with Crippen LogP contribution in [0, 0.1) is 37.8 Å². The Labute approximate surface area is 144 Å². The van der Waals surface area contributed by atoms with Crippen molar-refractivity contribution >= 4 is 28.9 Å². The number of aromatic nitrogens is 2. The number of anilines is 1. The summed E-state index contributed by atoms with van der Waals surface area (Å²) in [6.07, 6.45) is 0. The molecule has 2 rings (SSSR count). The fraction of sp³-hybridized carbons (Fsp3) is 0.375. The van der Waals surface area contributed by atoms with Crippen molar-refractivity contribution in [3.05, 3.63) is 49.8 Å². The first kappa shape index (κ1) is 17.9. The minimum atomic E-state index is -0.714. The second kappa shape index (κ2) is 6.60. The summed E-state index contributed by atoms with van der Waals surface area (Å²) in [7, 11) is 0. The van der Waals surface area contributed by atoms with E-state index in [2.05, 4.69) is 10.4 Å². The first-order valence-corrected chi connectivity index (χ1v) is 7.79. The van der Waals surface area contributed by atoms with E-state index in [4.69, 9.17) is 11.6 Å². The van der Waals surface area contributed by atoms with Crippen molar-refractivity contribution in [2.24, 2.45) is 0 Å². The van der Waals surface area contributed by atoms with Crippen LogP contribution in [0.3, 0.4) is 0 Å². The summed E-state index contributed by atoms with van der Waals surface area (Å²) in [5.41, 5.74) is 2.93. The monoisotopic (exact) mass is 350 g/mol. The third kappa shape index (κ3) is 3.26. The van der Waals surface area contributed by atoms with Crippen LogP contribution in [-0.4, -0.2) is 20.6 Å². The van der Waals surface area contributed by atoms with Gasteiger partial charge in [0, 0.05) is 0 Å². The third-order valence-corrected chi connectivity index (χ3v) is 4.19. The summed E-state index contributed by atoms with van der Waals surface area (Å²) in [6, 6.07) is 2.97. The molecule has 2 aromatic rings. The molecule has 0 aliphatic rings. The smallest absolute Gasteiger partial charge is 0.312 e. The van der Waals surface area contributed by atoms with E-state index in [-0.39, 0.29) is 17.3 Å². The van der Waals surface area contributed by atoms with Gasteiger partial charge in [0.15, 0.2) is 0 Å². The molecule has 1 heterocycles. The van der Waals surface area contributed by atoms with Gasteiger partial charge in [-0.05, 0) is 51.8 Å². The van der Waals surface area contributed by atoms with Gasteiger partial charge >= 0.3 is 5.69 Å². The molecule has 0 spiro atoms. The molecule has 0 aliphatic heterocycles. The zero-order valence-corrected chi connectivity index (χ0v) is 14.9. The fourth-order valence-corrected chi connectivity index (χ4v) is 3.08. The van der Waals surface area contributed by atoms with Crippen molar-refractivity contribution in [2.75, 3.05) is 5.32 Å². The molecule has 0 saturated carbocycles. The molecular weight excluding hydrogens is 332 g/mol. The van der Waals surface area contributed by atoms with Gasteiger partial charge in [-0.3, -0.25) is 19.6 Å². The molecule has 1 aromatic heterocycles. The zero-order chi connectivity index (χ0) is 18.2. The van der Waals surface area contributed by atoms with Gasteiger partial charge in [-0.2, -0.15) is 5.10 Å². The zero-order valence-electron chi connectivity index (χ0n) is 14.2. The molecule has 7 nitrogen and oxygen atoms in total. The number of carbonyl (C=O) groups is 1. The molecule has 0 aliphatic carbocycles. The number of nitrogens with one attached hydrogen (secondary N) is 1. The predicted octanol–water partition coefficient (Wildman–Crippen LogP) is 3.88. The summed E-state index contributed by atoms with van der Waals surface area (Å²) < 4.78 is 1.36. The Bertz CT molecular complexity index is 806. The number of benzene rings is 1. The highest BCUT2D eigenvalue weighted by atomic mass is 35.5. The van der Waals surface area contributed by atoms with Crippen LogP contribution in [0.5, 0.6) is 0 Å². The summed E-state index contributed by atoms with van der Waals surface area (Å²) in [5.74, 6) is -0.343. The van der Waals surface area contributed by atoms with Crippen molar-refractivity contribution in [1.82, 2.24) is 9.78 Å². The number of hydrogen-bond donors (Lipinski definition) is 1. The number of halogens is 1. The molecule has 0 radical (unpaired) electrons. The second-order valence-electron chi connectivity index (χ2n) is 5.82. The van der Waals surface area contributed by atoms with Crippen LogP contribution in [0.4, 0.5) is 11.4 Å². The van der Waals surface area contributed by atoms with Crippen LogP contribution in [0.2, 0.25) is 5.02 Å².